The first-order chi connectivity index (χ1) is 9.61. The summed E-state index contributed by atoms with van der Waals surface area (Å²) in [4.78, 5) is 14.5. The zero-order chi connectivity index (χ0) is 14.5. The van der Waals surface area contributed by atoms with Gasteiger partial charge in [0, 0.05) is 23.2 Å². The molecule has 0 saturated carbocycles. The Bertz CT molecular complexity index is 477. The number of aliphatic hydroxyl groups excluding tert-OH is 1. The van der Waals surface area contributed by atoms with E-state index in [1.807, 2.05) is 0 Å². The Hall–Kier alpha value is -0.610. The third kappa shape index (κ3) is 3.95. The van der Waals surface area contributed by atoms with Crippen LogP contribution in [0.5, 0.6) is 0 Å². The number of nitrogens with zero attached hydrogens (tertiary/aromatic N) is 1. The molecule has 0 radical (unpaired) electrons. The van der Waals surface area contributed by atoms with Crippen LogP contribution in [-0.4, -0.2) is 41.5 Å². The second-order valence-corrected chi connectivity index (χ2v) is 6.02. The van der Waals surface area contributed by atoms with E-state index in [9.17, 15) is 4.79 Å². The first kappa shape index (κ1) is 15.8. The van der Waals surface area contributed by atoms with Gasteiger partial charge in [0.2, 0.25) is 0 Å². The summed E-state index contributed by atoms with van der Waals surface area (Å²) in [5, 5.41) is 10.1. The fourth-order valence-electron chi connectivity index (χ4n) is 2.72. The van der Waals surface area contributed by atoms with Crippen LogP contribution in [0.4, 0.5) is 0 Å². The molecule has 0 aliphatic carbocycles. The van der Waals surface area contributed by atoms with Gasteiger partial charge in [-0.2, -0.15) is 0 Å². The molecule has 20 heavy (non-hydrogen) atoms. The zero-order valence-electron chi connectivity index (χ0n) is 11.3. The number of rotatable bonds is 5. The summed E-state index contributed by atoms with van der Waals surface area (Å²) < 4.78 is 0. The summed E-state index contributed by atoms with van der Waals surface area (Å²) in [6.45, 7) is 1.40. The third-order valence-corrected chi connectivity index (χ3v) is 4.35. The van der Waals surface area contributed by atoms with Crippen LogP contribution >= 0.6 is 23.2 Å². The predicted molar refractivity (Wildman–Crippen MR) is 81.7 cm³/mol. The van der Waals surface area contributed by atoms with Crippen molar-refractivity contribution < 1.29 is 9.90 Å². The number of ketones is 1. The number of hydrogen-bond acceptors (Lipinski definition) is 3. The summed E-state index contributed by atoms with van der Waals surface area (Å²) in [5.74, 6) is -0.0117. The van der Waals surface area contributed by atoms with E-state index < -0.39 is 0 Å². The van der Waals surface area contributed by atoms with Gasteiger partial charge in [-0.1, -0.05) is 29.6 Å². The molecule has 0 spiro atoms. The van der Waals surface area contributed by atoms with Crippen molar-refractivity contribution in [2.75, 3.05) is 19.7 Å². The van der Waals surface area contributed by atoms with E-state index in [0.717, 1.165) is 32.2 Å². The van der Waals surface area contributed by atoms with E-state index in [2.05, 4.69) is 4.90 Å². The predicted octanol–water partition coefficient (Wildman–Crippen LogP) is 3.41. The minimum atomic E-state index is -0.0117. The van der Waals surface area contributed by atoms with E-state index in [-0.39, 0.29) is 18.4 Å². The number of carbonyl (C=O) groups excluding carboxylic acids is 1. The molecule has 0 bridgehead atoms. The monoisotopic (exact) mass is 315 g/mol. The van der Waals surface area contributed by atoms with Crippen LogP contribution in [0.15, 0.2) is 18.2 Å². The van der Waals surface area contributed by atoms with Crippen molar-refractivity contribution in [2.45, 2.75) is 31.7 Å². The molecule has 1 aliphatic heterocycles. The fraction of sp³-hybridized carbons (Fsp3) is 0.533. The summed E-state index contributed by atoms with van der Waals surface area (Å²) in [6, 6.07) is 5.24. The molecule has 0 amide bonds. The van der Waals surface area contributed by atoms with Crippen LogP contribution < -0.4 is 0 Å². The lowest BCUT2D eigenvalue weighted by Crippen LogP contribution is -2.43. The zero-order valence-corrected chi connectivity index (χ0v) is 12.8. The average molecular weight is 316 g/mol. The van der Waals surface area contributed by atoms with Gasteiger partial charge < -0.3 is 5.11 Å². The topological polar surface area (TPSA) is 40.5 Å². The SMILES string of the molecule is O=C(CN1CCCCC1CCO)c1cc(Cl)ccc1Cl. The van der Waals surface area contributed by atoms with Crippen LogP contribution in [0.2, 0.25) is 10.0 Å². The molecule has 110 valence electrons. The van der Waals surface area contributed by atoms with Crippen molar-refractivity contribution >= 4 is 29.0 Å². The Kier molecular flexibility index (Phi) is 5.85. The van der Waals surface area contributed by atoms with E-state index in [1.54, 1.807) is 18.2 Å². The minimum absolute atomic E-state index is 0.0117. The molecule has 1 aromatic rings. The number of likely N-dealkylation sites (tertiary alicyclic amines) is 1. The standard InChI is InChI=1S/C15H19Cl2NO2/c16-11-4-5-14(17)13(9-11)15(20)10-18-7-2-1-3-12(18)6-8-19/h4-5,9,12,19H,1-3,6-8,10H2. The number of Topliss-reactive ketones (excluding diaryl/α,β-unsaturated/α-hetero) is 1. The summed E-state index contributed by atoms with van der Waals surface area (Å²) in [6.07, 6.45) is 4.01. The molecule has 1 atom stereocenters. The summed E-state index contributed by atoms with van der Waals surface area (Å²) >= 11 is 12.0. The quantitative estimate of drug-likeness (QED) is 0.846. The first-order valence-corrected chi connectivity index (χ1v) is 7.70. The number of hydrogen-bond donors (Lipinski definition) is 1. The third-order valence-electron chi connectivity index (χ3n) is 3.79. The van der Waals surface area contributed by atoms with Gasteiger partial charge in [-0.25, -0.2) is 0 Å². The Morgan fingerprint density at radius 2 is 2.15 bits per heavy atom. The van der Waals surface area contributed by atoms with Gasteiger partial charge >= 0.3 is 0 Å². The van der Waals surface area contributed by atoms with Gasteiger partial charge in [-0.05, 0) is 44.0 Å². The molecule has 1 aliphatic rings. The van der Waals surface area contributed by atoms with Crippen molar-refractivity contribution in [3.8, 4) is 0 Å². The summed E-state index contributed by atoms with van der Waals surface area (Å²) in [7, 11) is 0. The molecule has 1 heterocycles. The van der Waals surface area contributed by atoms with E-state index in [4.69, 9.17) is 28.3 Å². The molecule has 2 rings (SSSR count). The van der Waals surface area contributed by atoms with Crippen molar-refractivity contribution in [3.05, 3.63) is 33.8 Å². The molecule has 1 fully saturated rings. The van der Waals surface area contributed by atoms with Gasteiger partial charge in [0.15, 0.2) is 5.78 Å². The van der Waals surface area contributed by atoms with Gasteiger partial charge in [0.25, 0.3) is 0 Å². The van der Waals surface area contributed by atoms with E-state index in [1.165, 1.54) is 0 Å². The van der Waals surface area contributed by atoms with Gasteiger partial charge in [0.1, 0.15) is 0 Å². The normalized spacial score (nSPS) is 20.1. The van der Waals surface area contributed by atoms with E-state index >= 15 is 0 Å². The molecule has 5 heteroatoms. The number of carbonyl (C=O) groups is 1. The Balaban J connectivity index is 2.07. The average Bonchev–Trinajstić information content (AvgIpc) is 2.44. The maximum absolute atomic E-state index is 12.4. The lowest BCUT2D eigenvalue weighted by molar-refractivity contribution is 0.0799. The molecule has 1 saturated heterocycles. The van der Waals surface area contributed by atoms with Crippen molar-refractivity contribution in [2.24, 2.45) is 0 Å². The summed E-state index contributed by atoms with van der Waals surface area (Å²) in [5.41, 5.74) is 0.479. The Morgan fingerprint density at radius 3 is 2.90 bits per heavy atom. The maximum Gasteiger partial charge on any atom is 0.178 e. The molecule has 3 nitrogen and oxygen atoms in total. The molecule has 0 aromatic heterocycles. The van der Waals surface area contributed by atoms with Crippen LogP contribution in [0.25, 0.3) is 0 Å². The molecule has 1 unspecified atom stereocenters. The highest BCUT2D eigenvalue weighted by molar-refractivity contribution is 6.36. The number of aliphatic hydroxyl groups is 1. The smallest absolute Gasteiger partial charge is 0.178 e. The van der Waals surface area contributed by atoms with Crippen molar-refractivity contribution in [1.29, 1.82) is 0 Å². The fourth-order valence-corrected chi connectivity index (χ4v) is 3.12. The minimum Gasteiger partial charge on any atom is -0.396 e. The van der Waals surface area contributed by atoms with Gasteiger partial charge in [-0.15, -0.1) is 0 Å². The van der Waals surface area contributed by atoms with Gasteiger partial charge in [0.05, 0.1) is 11.6 Å². The van der Waals surface area contributed by atoms with Crippen LogP contribution in [0, 0.1) is 0 Å². The molecular formula is C15H19Cl2NO2. The first-order valence-electron chi connectivity index (χ1n) is 6.95. The molecule has 1 aromatic carbocycles. The second-order valence-electron chi connectivity index (χ2n) is 5.18. The Labute approximate surface area is 129 Å². The largest absolute Gasteiger partial charge is 0.396 e. The van der Waals surface area contributed by atoms with Gasteiger partial charge in [-0.3, -0.25) is 9.69 Å². The van der Waals surface area contributed by atoms with Crippen LogP contribution in [0.1, 0.15) is 36.0 Å². The Morgan fingerprint density at radius 1 is 1.35 bits per heavy atom. The van der Waals surface area contributed by atoms with Crippen LogP contribution in [0.3, 0.4) is 0 Å². The second kappa shape index (κ2) is 7.41. The highest BCUT2D eigenvalue weighted by Gasteiger charge is 2.24. The highest BCUT2D eigenvalue weighted by Crippen LogP contribution is 2.24. The molecule has 1 N–H and O–H groups in total. The van der Waals surface area contributed by atoms with E-state index in [0.29, 0.717) is 22.2 Å². The maximum atomic E-state index is 12.4. The lowest BCUT2D eigenvalue weighted by Gasteiger charge is -2.35. The van der Waals surface area contributed by atoms with Crippen LogP contribution in [-0.2, 0) is 0 Å². The van der Waals surface area contributed by atoms with Crippen molar-refractivity contribution in [3.63, 3.8) is 0 Å². The lowest BCUT2D eigenvalue weighted by atomic mass is 9.98. The highest BCUT2D eigenvalue weighted by atomic mass is 35.5. The number of piperidine rings is 1. The number of benzene rings is 1. The van der Waals surface area contributed by atoms with Crippen molar-refractivity contribution in [1.82, 2.24) is 4.90 Å². The molecular weight excluding hydrogens is 297 g/mol. The number of halogens is 2.